The van der Waals surface area contributed by atoms with Gasteiger partial charge in [-0.3, -0.25) is 9.69 Å². The molecular weight excluding hydrogens is 334 g/mol. The lowest BCUT2D eigenvalue weighted by molar-refractivity contribution is -0.133. The molecule has 139 valence electrons. The first-order valence-electron chi connectivity index (χ1n) is 10.3. The average molecular weight is 360 g/mol. The third kappa shape index (κ3) is 2.53. The molecule has 2 aliphatic heterocycles. The second-order valence-corrected chi connectivity index (χ2v) is 8.61. The van der Waals surface area contributed by atoms with Crippen molar-refractivity contribution >= 4 is 17.5 Å². The SMILES string of the molecule is CC1(C)C(=O)N(C2CCCCCC2)C2=NC3=CCC=C4[CH]C=CC(=C43)N=C21. The van der Waals surface area contributed by atoms with Crippen molar-refractivity contribution in [2.24, 2.45) is 15.4 Å². The van der Waals surface area contributed by atoms with Gasteiger partial charge in [0.15, 0.2) is 5.84 Å². The number of amides is 1. The van der Waals surface area contributed by atoms with E-state index in [9.17, 15) is 4.79 Å². The molecule has 0 aromatic carbocycles. The molecule has 0 aromatic rings. The Morgan fingerprint density at radius 2 is 1.85 bits per heavy atom. The van der Waals surface area contributed by atoms with E-state index in [0.29, 0.717) is 0 Å². The van der Waals surface area contributed by atoms with Gasteiger partial charge in [0.05, 0.1) is 22.5 Å². The van der Waals surface area contributed by atoms with Gasteiger partial charge in [-0.15, -0.1) is 0 Å². The molecule has 1 amide bonds. The molecule has 0 spiro atoms. The summed E-state index contributed by atoms with van der Waals surface area (Å²) in [7, 11) is 0. The lowest BCUT2D eigenvalue weighted by Crippen LogP contribution is -2.41. The van der Waals surface area contributed by atoms with Crippen LogP contribution in [-0.4, -0.2) is 28.4 Å². The third-order valence-corrected chi connectivity index (χ3v) is 6.41. The van der Waals surface area contributed by atoms with Crippen LogP contribution in [0.2, 0.25) is 0 Å². The van der Waals surface area contributed by atoms with Crippen molar-refractivity contribution in [2.75, 3.05) is 0 Å². The number of amidine groups is 1. The molecule has 1 saturated carbocycles. The van der Waals surface area contributed by atoms with Crippen LogP contribution in [-0.2, 0) is 4.79 Å². The van der Waals surface area contributed by atoms with Crippen molar-refractivity contribution < 1.29 is 4.79 Å². The Balaban J connectivity index is 1.66. The third-order valence-electron chi connectivity index (χ3n) is 6.41. The Labute approximate surface area is 161 Å². The fourth-order valence-electron chi connectivity index (χ4n) is 4.88. The van der Waals surface area contributed by atoms with Crippen LogP contribution < -0.4 is 0 Å². The van der Waals surface area contributed by atoms with Crippen molar-refractivity contribution in [1.82, 2.24) is 4.90 Å². The number of rotatable bonds is 1. The number of hydrogen-bond donors (Lipinski definition) is 0. The molecule has 5 rings (SSSR count). The predicted octanol–water partition coefficient (Wildman–Crippen LogP) is 4.67. The highest BCUT2D eigenvalue weighted by atomic mass is 16.2. The number of carbonyl (C=O) groups is 1. The largest absolute Gasteiger partial charge is 0.291 e. The minimum Gasteiger partial charge on any atom is -0.291 e. The van der Waals surface area contributed by atoms with Crippen molar-refractivity contribution in [1.29, 1.82) is 0 Å². The lowest BCUT2D eigenvalue weighted by Gasteiger charge is -2.28. The van der Waals surface area contributed by atoms with Crippen molar-refractivity contribution in [2.45, 2.75) is 64.8 Å². The zero-order valence-electron chi connectivity index (χ0n) is 16.2. The van der Waals surface area contributed by atoms with Crippen LogP contribution in [0.5, 0.6) is 0 Å². The van der Waals surface area contributed by atoms with E-state index in [4.69, 9.17) is 9.98 Å². The summed E-state index contributed by atoms with van der Waals surface area (Å²) >= 11 is 0. The summed E-state index contributed by atoms with van der Waals surface area (Å²) in [4.78, 5) is 25.6. The summed E-state index contributed by atoms with van der Waals surface area (Å²) in [6.07, 6.45) is 18.6. The highest BCUT2D eigenvalue weighted by Gasteiger charge is 2.52. The van der Waals surface area contributed by atoms with Gasteiger partial charge in [0.1, 0.15) is 0 Å². The predicted molar refractivity (Wildman–Crippen MR) is 108 cm³/mol. The van der Waals surface area contributed by atoms with Gasteiger partial charge in [-0.2, -0.15) is 0 Å². The Morgan fingerprint density at radius 1 is 1.07 bits per heavy atom. The van der Waals surface area contributed by atoms with Gasteiger partial charge in [0.2, 0.25) is 5.91 Å². The molecule has 2 heterocycles. The Bertz CT molecular complexity index is 887. The van der Waals surface area contributed by atoms with Crippen LogP contribution >= 0.6 is 0 Å². The van der Waals surface area contributed by atoms with E-state index >= 15 is 0 Å². The molecule has 1 radical (unpaired) electrons. The quantitative estimate of drug-likeness (QED) is 0.627. The fraction of sp³-hybridized carbons (Fsp3) is 0.478. The van der Waals surface area contributed by atoms with Crippen LogP contribution in [0.3, 0.4) is 0 Å². The monoisotopic (exact) mass is 360 g/mol. The van der Waals surface area contributed by atoms with E-state index in [-0.39, 0.29) is 11.9 Å². The molecule has 4 nitrogen and oxygen atoms in total. The van der Waals surface area contributed by atoms with Gasteiger partial charge in [0.25, 0.3) is 0 Å². The van der Waals surface area contributed by atoms with Crippen molar-refractivity contribution in [3.8, 4) is 0 Å². The maximum absolute atomic E-state index is 13.4. The number of hydrogen-bond acceptors (Lipinski definition) is 3. The summed E-state index contributed by atoms with van der Waals surface area (Å²) in [6, 6.07) is 0.252. The first-order valence-corrected chi connectivity index (χ1v) is 10.3. The minimum atomic E-state index is -0.633. The molecule has 0 unspecified atom stereocenters. The van der Waals surface area contributed by atoms with E-state index in [1.807, 2.05) is 24.8 Å². The molecule has 27 heavy (non-hydrogen) atoms. The molecule has 0 N–H and O–H groups in total. The zero-order valence-corrected chi connectivity index (χ0v) is 16.2. The molecule has 0 atom stereocenters. The first-order chi connectivity index (χ1) is 13.1. The van der Waals surface area contributed by atoms with Crippen molar-refractivity contribution in [3.05, 3.63) is 53.3 Å². The lowest BCUT2D eigenvalue weighted by atomic mass is 9.88. The number of aliphatic imine (C=N–C) groups is 2. The van der Waals surface area contributed by atoms with Gasteiger partial charge < -0.3 is 0 Å². The Kier molecular flexibility index (Phi) is 3.85. The smallest absolute Gasteiger partial charge is 0.240 e. The van der Waals surface area contributed by atoms with Crippen LogP contribution in [0.1, 0.15) is 58.8 Å². The zero-order chi connectivity index (χ0) is 18.6. The summed E-state index contributed by atoms with van der Waals surface area (Å²) in [5.41, 5.74) is 4.42. The number of nitrogens with zero attached hydrogens (tertiary/aromatic N) is 3. The standard InChI is InChI=1S/C23H26N3O/c1-23(2)20-21(26(22(23)27)16-11-5-3-4-6-12-16)25-18-14-8-10-15-9-7-13-17(24-20)19(15)18/h7,9-10,13-14,16H,3-6,8,11-12H2,1-2H3. The molecule has 1 saturated heterocycles. The van der Waals surface area contributed by atoms with Gasteiger partial charge in [-0.25, -0.2) is 9.98 Å². The average Bonchev–Trinajstić information content (AvgIpc) is 2.93. The maximum Gasteiger partial charge on any atom is 0.240 e. The first kappa shape index (κ1) is 16.9. The Morgan fingerprint density at radius 3 is 2.63 bits per heavy atom. The molecule has 4 heteroatoms. The van der Waals surface area contributed by atoms with Gasteiger partial charge in [-0.1, -0.05) is 43.9 Å². The van der Waals surface area contributed by atoms with E-state index in [2.05, 4.69) is 24.6 Å². The van der Waals surface area contributed by atoms with Gasteiger partial charge in [0, 0.05) is 18.0 Å². The van der Waals surface area contributed by atoms with Crippen LogP contribution in [0.4, 0.5) is 0 Å². The number of fused-ring (bicyclic) bond motifs is 1. The molecular formula is C23H26N3O. The van der Waals surface area contributed by atoms with Crippen LogP contribution in [0.15, 0.2) is 56.8 Å². The Hall–Kier alpha value is -2.23. The fourth-order valence-corrected chi connectivity index (χ4v) is 4.88. The topological polar surface area (TPSA) is 45.0 Å². The summed E-state index contributed by atoms with van der Waals surface area (Å²) in [6.45, 7) is 4.01. The number of likely N-dealkylation sites (tertiary alicyclic amines) is 1. The second kappa shape index (κ2) is 6.15. The summed E-state index contributed by atoms with van der Waals surface area (Å²) in [5, 5.41) is 0. The molecule has 0 aromatic heterocycles. The molecule has 5 aliphatic rings. The summed E-state index contributed by atoms with van der Waals surface area (Å²) < 4.78 is 0. The van der Waals surface area contributed by atoms with E-state index in [1.165, 1.54) is 31.3 Å². The van der Waals surface area contributed by atoms with Gasteiger partial charge >= 0.3 is 0 Å². The number of carbonyl (C=O) groups excluding carboxylic acids is 1. The molecule has 0 bridgehead atoms. The highest BCUT2D eigenvalue weighted by Crippen LogP contribution is 2.42. The van der Waals surface area contributed by atoms with Crippen molar-refractivity contribution in [3.63, 3.8) is 0 Å². The minimum absolute atomic E-state index is 0.162. The van der Waals surface area contributed by atoms with Gasteiger partial charge in [-0.05, 0) is 44.8 Å². The maximum atomic E-state index is 13.4. The van der Waals surface area contributed by atoms with Crippen LogP contribution in [0, 0.1) is 11.8 Å². The second-order valence-electron chi connectivity index (χ2n) is 8.61. The normalized spacial score (nSPS) is 27.2. The summed E-state index contributed by atoms with van der Waals surface area (Å²) in [5.74, 6) is 0.960. The van der Waals surface area contributed by atoms with Crippen LogP contribution in [0.25, 0.3) is 0 Å². The highest BCUT2D eigenvalue weighted by molar-refractivity contribution is 6.54. The van der Waals surface area contributed by atoms with E-state index in [1.54, 1.807) is 0 Å². The molecule has 2 fully saturated rings. The van der Waals surface area contributed by atoms with E-state index < -0.39 is 5.41 Å². The molecule has 3 aliphatic carbocycles. The van der Waals surface area contributed by atoms with E-state index in [0.717, 1.165) is 47.8 Å². The number of allylic oxidation sites excluding steroid dienone is 5.